The van der Waals surface area contributed by atoms with Crippen LogP contribution in [-0.2, 0) is 14.3 Å². The van der Waals surface area contributed by atoms with Gasteiger partial charge < -0.3 is 9.47 Å². The van der Waals surface area contributed by atoms with Crippen LogP contribution in [0.5, 0.6) is 0 Å². The SMILES string of the molecule is CC(=O)SCCC=Cc1csc(C2OCCO2)c1. The van der Waals surface area contributed by atoms with Crippen molar-refractivity contribution in [2.45, 2.75) is 19.6 Å². The van der Waals surface area contributed by atoms with Crippen molar-refractivity contribution in [1.29, 1.82) is 0 Å². The van der Waals surface area contributed by atoms with Crippen molar-refractivity contribution in [3.63, 3.8) is 0 Å². The molecule has 3 nitrogen and oxygen atoms in total. The van der Waals surface area contributed by atoms with Gasteiger partial charge in [-0.1, -0.05) is 23.9 Å². The summed E-state index contributed by atoms with van der Waals surface area (Å²) in [7, 11) is 0. The van der Waals surface area contributed by atoms with Crippen LogP contribution < -0.4 is 0 Å². The van der Waals surface area contributed by atoms with Gasteiger partial charge in [-0.05, 0) is 23.4 Å². The van der Waals surface area contributed by atoms with Crippen LogP contribution in [0.1, 0.15) is 30.1 Å². The zero-order valence-electron chi connectivity index (χ0n) is 10.3. The predicted molar refractivity (Wildman–Crippen MR) is 75.8 cm³/mol. The lowest BCUT2D eigenvalue weighted by molar-refractivity contribution is -0.109. The summed E-state index contributed by atoms with van der Waals surface area (Å²) in [5.74, 6) is 0.845. The lowest BCUT2D eigenvalue weighted by Gasteiger charge is -2.04. The van der Waals surface area contributed by atoms with Crippen LogP contribution in [0, 0.1) is 0 Å². The Bertz CT molecular complexity index is 420. The molecular formula is C13H16O3S2. The van der Waals surface area contributed by atoms with E-state index in [-0.39, 0.29) is 11.4 Å². The molecule has 5 heteroatoms. The minimum absolute atomic E-state index is 0.176. The van der Waals surface area contributed by atoms with Crippen LogP contribution in [-0.4, -0.2) is 24.1 Å². The lowest BCUT2D eigenvalue weighted by Crippen LogP contribution is -1.93. The average molecular weight is 284 g/mol. The van der Waals surface area contributed by atoms with Gasteiger partial charge in [0.15, 0.2) is 11.4 Å². The summed E-state index contributed by atoms with van der Waals surface area (Å²) in [5, 5.41) is 2.27. The topological polar surface area (TPSA) is 35.5 Å². The molecule has 1 fully saturated rings. The molecule has 0 N–H and O–H groups in total. The van der Waals surface area contributed by atoms with Crippen molar-refractivity contribution in [2.75, 3.05) is 19.0 Å². The first-order chi connectivity index (χ1) is 8.75. The van der Waals surface area contributed by atoms with Gasteiger partial charge in [0.2, 0.25) is 0 Å². The summed E-state index contributed by atoms with van der Waals surface area (Å²) in [6, 6.07) is 2.09. The first kappa shape index (κ1) is 13.8. The molecule has 0 bridgehead atoms. The standard InChI is InChI=1S/C13H16O3S2/c1-10(14)17-7-3-2-4-11-8-12(18-9-11)13-15-5-6-16-13/h2,4,8-9,13H,3,5-7H2,1H3. The number of allylic oxidation sites excluding steroid dienone is 1. The Hall–Kier alpha value is -0.620. The van der Waals surface area contributed by atoms with E-state index in [2.05, 4.69) is 23.6 Å². The Balaban J connectivity index is 1.79. The third kappa shape index (κ3) is 4.24. The van der Waals surface area contributed by atoms with E-state index in [1.165, 1.54) is 17.3 Å². The monoisotopic (exact) mass is 284 g/mol. The summed E-state index contributed by atoms with van der Waals surface area (Å²) >= 11 is 3.02. The minimum atomic E-state index is -0.176. The Labute approximate surface area is 115 Å². The van der Waals surface area contributed by atoms with Crippen molar-refractivity contribution < 1.29 is 14.3 Å². The molecule has 2 rings (SSSR count). The summed E-state index contributed by atoms with van der Waals surface area (Å²) < 4.78 is 10.9. The molecule has 0 atom stereocenters. The van der Waals surface area contributed by atoms with Gasteiger partial charge in [0.25, 0.3) is 0 Å². The molecular weight excluding hydrogens is 268 g/mol. The highest BCUT2D eigenvalue weighted by Gasteiger charge is 2.19. The van der Waals surface area contributed by atoms with Crippen molar-refractivity contribution in [2.24, 2.45) is 0 Å². The van der Waals surface area contributed by atoms with E-state index in [0.717, 1.165) is 17.1 Å². The zero-order chi connectivity index (χ0) is 12.8. The molecule has 0 radical (unpaired) electrons. The van der Waals surface area contributed by atoms with Crippen molar-refractivity contribution >= 4 is 34.3 Å². The zero-order valence-corrected chi connectivity index (χ0v) is 11.9. The smallest absolute Gasteiger partial charge is 0.193 e. The summed E-state index contributed by atoms with van der Waals surface area (Å²) in [6.45, 7) is 2.95. The first-order valence-corrected chi connectivity index (χ1v) is 7.74. The second-order valence-corrected chi connectivity index (χ2v) is 6.10. The van der Waals surface area contributed by atoms with Gasteiger partial charge in [-0.2, -0.15) is 0 Å². The number of carbonyl (C=O) groups excluding carboxylic acids is 1. The van der Waals surface area contributed by atoms with Gasteiger partial charge in [-0.15, -0.1) is 11.3 Å². The van der Waals surface area contributed by atoms with Crippen LogP contribution in [0.25, 0.3) is 6.08 Å². The third-order valence-corrected chi connectivity index (χ3v) is 4.21. The number of hydrogen-bond donors (Lipinski definition) is 0. The molecule has 1 aromatic heterocycles. The lowest BCUT2D eigenvalue weighted by atomic mass is 10.2. The number of ether oxygens (including phenoxy) is 2. The molecule has 1 aromatic rings. The molecule has 1 saturated heterocycles. The second kappa shape index (κ2) is 7.09. The predicted octanol–water partition coefficient (Wildman–Crippen LogP) is 3.48. The van der Waals surface area contributed by atoms with E-state index >= 15 is 0 Å². The molecule has 0 amide bonds. The summed E-state index contributed by atoms with van der Waals surface area (Å²) in [6.07, 6.45) is 4.91. The highest BCUT2D eigenvalue weighted by molar-refractivity contribution is 8.13. The van der Waals surface area contributed by atoms with Crippen LogP contribution in [0.4, 0.5) is 0 Å². The van der Waals surface area contributed by atoms with Gasteiger partial charge in [0.1, 0.15) is 0 Å². The Morgan fingerprint density at radius 1 is 1.56 bits per heavy atom. The fourth-order valence-corrected chi connectivity index (χ4v) is 3.00. The number of thiophene rings is 1. The van der Waals surface area contributed by atoms with Crippen LogP contribution in [0.2, 0.25) is 0 Å². The molecule has 0 aliphatic carbocycles. The molecule has 18 heavy (non-hydrogen) atoms. The van der Waals surface area contributed by atoms with Crippen LogP contribution >= 0.6 is 23.1 Å². The van der Waals surface area contributed by atoms with Crippen molar-refractivity contribution in [1.82, 2.24) is 0 Å². The molecule has 1 aliphatic rings. The molecule has 0 spiro atoms. The molecule has 0 unspecified atom stereocenters. The largest absolute Gasteiger partial charge is 0.345 e. The normalized spacial score (nSPS) is 16.7. The third-order valence-electron chi connectivity index (χ3n) is 2.39. The van der Waals surface area contributed by atoms with E-state index in [4.69, 9.17) is 9.47 Å². The summed E-state index contributed by atoms with van der Waals surface area (Å²) in [4.78, 5) is 11.9. The molecule has 0 aromatic carbocycles. The number of hydrogen-bond acceptors (Lipinski definition) is 5. The van der Waals surface area contributed by atoms with Crippen LogP contribution in [0.3, 0.4) is 0 Å². The van der Waals surface area contributed by atoms with Crippen LogP contribution in [0.15, 0.2) is 17.5 Å². The number of thioether (sulfide) groups is 1. The van der Waals surface area contributed by atoms with Gasteiger partial charge in [0.05, 0.1) is 18.1 Å². The second-order valence-electron chi connectivity index (χ2n) is 3.89. The van der Waals surface area contributed by atoms with Crippen molar-refractivity contribution in [3.8, 4) is 0 Å². The Morgan fingerprint density at radius 3 is 3.06 bits per heavy atom. The summed E-state index contributed by atoms with van der Waals surface area (Å²) in [5.41, 5.74) is 1.17. The number of rotatable bonds is 5. The van der Waals surface area contributed by atoms with E-state index in [0.29, 0.717) is 13.2 Å². The Kier molecular flexibility index (Phi) is 5.44. The van der Waals surface area contributed by atoms with Gasteiger partial charge in [0, 0.05) is 12.7 Å². The van der Waals surface area contributed by atoms with E-state index in [1.807, 2.05) is 0 Å². The molecule has 2 heterocycles. The maximum absolute atomic E-state index is 10.7. The van der Waals surface area contributed by atoms with Crippen molar-refractivity contribution in [3.05, 3.63) is 28.0 Å². The van der Waals surface area contributed by atoms with E-state index in [1.54, 1.807) is 18.3 Å². The maximum Gasteiger partial charge on any atom is 0.193 e. The minimum Gasteiger partial charge on any atom is -0.345 e. The van der Waals surface area contributed by atoms with Gasteiger partial charge in [-0.25, -0.2) is 0 Å². The Morgan fingerprint density at radius 2 is 2.33 bits per heavy atom. The molecule has 0 saturated carbocycles. The highest BCUT2D eigenvalue weighted by atomic mass is 32.2. The van der Waals surface area contributed by atoms with Gasteiger partial charge in [-0.3, -0.25) is 4.79 Å². The molecule has 98 valence electrons. The maximum atomic E-state index is 10.7. The van der Waals surface area contributed by atoms with Gasteiger partial charge >= 0.3 is 0 Å². The fourth-order valence-electron chi connectivity index (χ4n) is 1.59. The molecule has 1 aliphatic heterocycles. The average Bonchev–Trinajstić information content (AvgIpc) is 2.98. The highest BCUT2D eigenvalue weighted by Crippen LogP contribution is 2.29. The van der Waals surface area contributed by atoms with E-state index < -0.39 is 0 Å². The fraction of sp³-hybridized carbons (Fsp3) is 0.462. The van der Waals surface area contributed by atoms with E-state index in [9.17, 15) is 4.79 Å². The number of carbonyl (C=O) groups is 1. The first-order valence-electron chi connectivity index (χ1n) is 5.87. The quantitative estimate of drug-likeness (QED) is 0.776.